The average Bonchev–Trinajstić information content (AvgIpc) is 2.53. The van der Waals surface area contributed by atoms with E-state index >= 15 is 0 Å². The Morgan fingerprint density at radius 3 is 2.36 bits per heavy atom. The fourth-order valence-electron chi connectivity index (χ4n) is 2.25. The predicted octanol–water partition coefficient (Wildman–Crippen LogP) is 2.41. The number of amides is 1. The molecular weight excluding hydrogens is 346 g/mol. The summed E-state index contributed by atoms with van der Waals surface area (Å²) in [6.45, 7) is 1.47. The van der Waals surface area contributed by atoms with Crippen LogP contribution in [-0.4, -0.2) is 38.2 Å². The van der Waals surface area contributed by atoms with Crippen LogP contribution in [-0.2, 0) is 10.0 Å². The summed E-state index contributed by atoms with van der Waals surface area (Å²) in [6.07, 6.45) is 0. The van der Waals surface area contributed by atoms with Gasteiger partial charge in [0.1, 0.15) is 0 Å². The number of nitrogens with one attached hydrogen (secondary N) is 1. The van der Waals surface area contributed by atoms with Crippen molar-refractivity contribution in [3.05, 3.63) is 63.7 Å². The SMILES string of the molecule is Cc1cc([N+](=O)[O-])ccc1S(=O)(=O)Nc1ccccc1C(=O)N(C)C. The van der Waals surface area contributed by atoms with Crippen molar-refractivity contribution >= 4 is 27.3 Å². The van der Waals surface area contributed by atoms with Gasteiger partial charge in [-0.2, -0.15) is 0 Å². The second kappa shape index (κ2) is 6.89. The highest BCUT2D eigenvalue weighted by Crippen LogP contribution is 2.25. The molecule has 2 rings (SSSR count). The van der Waals surface area contributed by atoms with Crippen molar-refractivity contribution in [2.75, 3.05) is 18.8 Å². The smallest absolute Gasteiger partial charge is 0.269 e. The van der Waals surface area contributed by atoms with E-state index in [1.54, 1.807) is 26.2 Å². The molecule has 0 unspecified atom stereocenters. The third-order valence-corrected chi connectivity index (χ3v) is 4.99. The molecule has 9 heteroatoms. The molecule has 0 aliphatic heterocycles. The molecule has 8 nitrogen and oxygen atoms in total. The normalized spacial score (nSPS) is 11.0. The molecule has 0 spiro atoms. The Kier molecular flexibility index (Phi) is 5.07. The number of aryl methyl sites for hydroxylation is 1. The van der Waals surface area contributed by atoms with Gasteiger partial charge in [-0.05, 0) is 30.7 Å². The van der Waals surface area contributed by atoms with Crippen molar-refractivity contribution in [2.45, 2.75) is 11.8 Å². The highest BCUT2D eigenvalue weighted by atomic mass is 32.2. The highest BCUT2D eigenvalue weighted by Gasteiger charge is 2.22. The van der Waals surface area contributed by atoms with Crippen LogP contribution in [0.3, 0.4) is 0 Å². The van der Waals surface area contributed by atoms with Crippen molar-refractivity contribution in [3.63, 3.8) is 0 Å². The first-order valence-electron chi connectivity index (χ1n) is 7.22. The van der Waals surface area contributed by atoms with Crippen LogP contribution in [0.1, 0.15) is 15.9 Å². The van der Waals surface area contributed by atoms with E-state index < -0.39 is 14.9 Å². The van der Waals surface area contributed by atoms with Gasteiger partial charge in [-0.3, -0.25) is 19.6 Å². The molecular formula is C16H17N3O5S. The number of carbonyl (C=O) groups excluding carboxylic acids is 1. The Morgan fingerprint density at radius 2 is 1.80 bits per heavy atom. The van der Waals surface area contributed by atoms with Crippen molar-refractivity contribution in [3.8, 4) is 0 Å². The summed E-state index contributed by atoms with van der Waals surface area (Å²) in [7, 11) is -0.884. The number of nitro benzene ring substituents is 1. The zero-order chi connectivity index (χ0) is 18.8. The number of anilines is 1. The standard InChI is InChI=1S/C16H17N3O5S/c1-11-10-12(19(21)22)8-9-15(11)25(23,24)17-14-7-5-4-6-13(14)16(20)18(2)3/h4-10,17H,1-3H3. The van der Waals surface area contributed by atoms with Crippen molar-refractivity contribution in [1.82, 2.24) is 4.90 Å². The van der Waals surface area contributed by atoms with E-state index in [1.165, 1.54) is 36.1 Å². The quantitative estimate of drug-likeness (QED) is 0.648. The van der Waals surface area contributed by atoms with Crippen molar-refractivity contribution in [1.29, 1.82) is 0 Å². The van der Waals surface area contributed by atoms with E-state index in [0.717, 1.165) is 6.07 Å². The molecule has 0 fully saturated rings. The maximum absolute atomic E-state index is 12.6. The third-order valence-electron chi connectivity index (χ3n) is 3.47. The summed E-state index contributed by atoms with van der Waals surface area (Å²) in [4.78, 5) is 23.6. The summed E-state index contributed by atoms with van der Waals surface area (Å²) in [5.74, 6) is -0.348. The fraction of sp³-hybridized carbons (Fsp3) is 0.188. The lowest BCUT2D eigenvalue weighted by molar-refractivity contribution is -0.385. The van der Waals surface area contributed by atoms with Gasteiger partial charge in [-0.25, -0.2) is 8.42 Å². The largest absolute Gasteiger partial charge is 0.345 e. The van der Waals surface area contributed by atoms with E-state index in [9.17, 15) is 23.3 Å². The number of rotatable bonds is 5. The molecule has 0 heterocycles. The first kappa shape index (κ1) is 18.4. The maximum Gasteiger partial charge on any atom is 0.269 e. The molecule has 132 valence electrons. The lowest BCUT2D eigenvalue weighted by atomic mass is 10.1. The summed E-state index contributed by atoms with van der Waals surface area (Å²) in [5, 5.41) is 10.8. The zero-order valence-corrected chi connectivity index (χ0v) is 14.7. The third kappa shape index (κ3) is 3.94. The van der Waals surface area contributed by atoms with E-state index in [1.807, 2.05) is 0 Å². The molecule has 0 saturated carbocycles. The summed E-state index contributed by atoms with van der Waals surface area (Å²) >= 11 is 0. The Balaban J connectivity index is 2.44. The Morgan fingerprint density at radius 1 is 1.16 bits per heavy atom. The predicted molar refractivity (Wildman–Crippen MR) is 93.1 cm³/mol. The van der Waals surface area contributed by atoms with Gasteiger partial charge >= 0.3 is 0 Å². The van der Waals surface area contributed by atoms with Gasteiger partial charge in [0, 0.05) is 26.2 Å². The van der Waals surface area contributed by atoms with E-state index in [2.05, 4.69) is 4.72 Å². The van der Waals surface area contributed by atoms with Crippen LogP contribution in [0.25, 0.3) is 0 Å². The average molecular weight is 363 g/mol. The second-order valence-corrected chi connectivity index (χ2v) is 7.21. The maximum atomic E-state index is 12.6. The molecule has 2 aromatic rings. The molecule has 0 radical (unpaired) electrons. The van der Waals surface area contributed by atoms with Crippen LogP contribution >= 0.6 is 0 Å². The molecule has 0 aliphatic rings. The Hall–Kier alpha value is -2.94. The van der Waals surface area contributed by atoms with Gasteiger partial charge in [0.25, 0.3) is 21.6 Å². The number of non-ortho nitro benzene ring substituents is 1. The van der Waals surface area contributed by atoms with E-state index in [4.69, 9.17) is 0 Å². The Bertz CT molecular complexity index is 939. The van der Waals surface area contributed by atoms with Gasteiger partial charge in [0.2, 0.25) is 0 Å². The first-order valence-corrected chi connectivity index (χ1v) is 8.70. The minimum atomic E-state index is -4.01. The van der Waals surface area contributed by atoms with Gasteiger partial charge < -0.3 is 4.90 Å². The molecule has 0 atom stereocenters. The van der Waals surface area contributed by atoms with E-state index in [-0.39, 0.29) is 33.3 Å². The minimum Gasteiger partial charge on any atom is -0.345 e. The van der Waals surface area contributed by atoms with Crippen LogP contribution in [0, 0.1) is 17.0 Å². The topological polar surface area (TPSA) is 110 Å². The highest BCUT2D eigenvalue weighted by molar-refractivity contribution is 7.92. The molecule has 0 saturated heterocycles. The molecule has 2 aromatic carbocycles. The number of carbonyl (C=O) groups is 1. The summed E-state index contributed by atoms with van der Waals surface area (Å²) < 4.78 is 27.7. The lowest BCUT2D eigenvalue weighted by Gasteiger charge is -2.16. The number of hydrogen-bond donors (Lipinski definition) is 1. The van der Waals surface area contributed by atoms with Crippen molar-refractivity contribution < 1.29 is 18.1 Å². The molecule has 1 amide bonds. The summed E-state index contributed by atoms with van der Waals surface area (Å²) in [5.41, 5.74) is 0.382. The fourth-order valence-corrected chi connectivity index (χ4v) is 3.56. The van der Waals surface area contributed by atoms with Crippen LogP contribution in [0.4, 0.5) is 11.4 Å². The second-order valence-electron chi connectivity index (χ2n) is 5.56. The number of benzene rings is 2. The van der Waals surface area contributed by atoms with Crippen molar-refractivity contribution in [2.24, 2.45) is 0 Å². The first-order chi connectivity index (χ1) is 11.6. The Labute approximate surface area is 145 Å². The number of sulfonamides is 1. The van der Waals surface area contributed by atoms with Crippen LogP contribution < -0.4 is 4.72 Å². The number of hydrogen-bond acceptors (Lipinski definition) is 5. The number of nitrogens with zero attached hydrogens (tertiary/aromatic N) is 2. The zero-order valence-electron chi connectivity index (χ0n) is 13.9. The molecule has 0 aromatic heterocycles. The molecule has 0 aliphatic carbocycles. The lowest BCUT2D eigenvalue weighted by Crippen LogP contribution is -2.24. The van der Waals surface area contributed by atoms with Crippen LogP contribution in [0.2, 0.25) is 0 Å². The molecule has 25 heavy (non-hydrogen) atoms. The molecule has 0 bridgehead atoms. The van der Waals surface area contributed by atoms with Gasteiger partial charge in [0.15, 0.2) is 0 Å². The minimum absolute atomic E-state index is 0.0924. The molecule has 1 N–H and O–H groups in total. The van der Waals surface area contributed by atoms with Gasteiger partial charge in [-0.1, -0.05) is 12.1 Å². The summed E-state index contributed by atoms with van der Waals surface area (Å²) in [6, 6.07) is 9.71. The number of nitro groups is 1. The van der Waals surface area contributed by atoms with E-state index in [0.29, 0.717) is 0 Å². The number of para-hydroxylation sites is 1. The van der Waals surface area contributed by atoms with Gasteiger partial charge in [-0.15, -0.1) is 0 Å². The van der Waals surface area contributed by atoms with Crippen LogP contribution in [0.15, 0.2) is 47.4 Å². The van der Waals surface area contributed by atoms with Gasteiger partial charge in [0.05, 0.1) is 21.1 Å². The monoisotopic (exact) mass is 363 g/mol. The van der Waals surface area contributed by atoms with Crippen LogP contribution in [0.5, 0.6) is 0 Å².